The van der Waals surface area contributed by atoms with E-state index >= 15 is 0 Å². The topological polar surface area (TPSA) is 62.1 Å². The van der Waals surface area contributed by atoms with Crippen molar-refractivity contribution in [1.82, 2.24) is 15.1 Å². The molecular weight excluding hydrogens is 295 g/mol. The standard InChI is InChI=1S/C17H23FN4O/c18-16-3-1-13(2-4-16)7-14(12-23)8-19-9-15-10-20-17-5-6-21-22(17)11-15/h1-6,14-15,19-20,23H,7-12H2/t14-,15+/m0/s1. The molecule has 23 heavy (non-hydrogen) atoms. The van der Waals surface area contributed by atoms with Gasteiger partial charge in [0, 0.05) is 44.8 Å². The number of aliphatic hydroxyl groups excluding tert-OH is 1. The van der Waals surface area contributed by atoms with Crippen molar-refractivity contribution in [3.8, 4) is 0 Å². The summed E-state index contributed by atoms with van der Waals surface area (Å²) in [6.45, 7) is 3.59. The van der Waals surface area contributed by atoms with Crippen LogP contribution in [-0.2, 0) is 13.0 Å². The smallest absolute Gasteiger partial charge is 0.124 e. The molecule has 0 unspecified atom stereocenters. The minimum atomic E-state index is -0.227. The molecule has 0 aliphatic carbocycles. The van der Waals surface area contributed by atoms with Gasteiger partial charge in [0.25, 0.3) is 0 Å². The first-order valence-corrected chi connectivity index (χ1v) is 8.06. The quantitative estimate of drug-likeness (QED) is 0.724. The second-order valence-electron chi connectivity index (χ2n) is 6.18. The van der Waals surface area contributed by atoms with Crippen molar-refractivity contribution in [2.75, 3.05) is 31.6 Å². The zero-order valence-electron chi connectivity index (χ0n) is 13.1. The maximum atomic E-state index is 12.9. The fourth-order valence-electron chi connectivity index (χ4n) is 2.97. The first kappa shape index (κ1) is 16.0. The first-order valence-electron chi connectivity index (χ1n) is 8.06. The Hall–Kier alpha value is -1.92. The highest BCUT2D eigenvalue weighted by Gasteiger charge is 2.18. The van der Waals surface area contributed by atoms with Gasteiger partial charge in [-0.2, -0.15) is 5.10 Å². The van der Waals surface area contributed by atoms with E-state index in [1.165, 1.54) is 12.1 Å². The van der Waals surface area contributed by atoms with Crippen molar-refractivity contribution in [1.29, 1.82) is 0 Å². The van der Waals surface area contributed by atoms with E-state index in [-0.39, 0.29) is 18.3 Å². The van der Waals surface area contributed by atoms with E-state index in [1.807, 2.05) is 16.9 Å². The van der Waals surface area contributed by atoms with Gasteiger partial charge in [-0.15, -0.1) is 0 Å². The molecular formula is C17H23FN4O. The lowest BCUT2D eigenvalue weighted by Crippen LogP contribution is -2.37. The SMILES string of the molecule is OC[C@H](CNC[C@@H]1CNc2ccnn2C1)Cc1ccc(F)cc1. The van der Waals surface area contributed by atoms with Gasteiger partial charge in [0.1, 0.15) is 11.6 Å². The van der Waals surface area contributed by atoms with Gasteiger partial charge >= 0.3 is 0 Å². The van der Waals surface area contributed by atoms with E-state index in [2.05, 4.69) is 15.7 Å². The van der Waals surface area contributed by atoms with Gasteiger partial charge in [-0.3, -0.25) is 0 Å². The predicted octanol–water partition coefficient (Wildman–Crippen LogP) is 1.50. The lowest BCUT2D eigenvalue weighted by atomic mass is 9.99. The molecule has 2 atom stereocenters. The molecule has 0 saturated heterocycles. The number of hydrogen-bond donors (Lipinski definition) is 3. The summed E-state index contributed by atoms with van der Waals surface area (Å²) in [6, 6.07) is 8.47. The van der Waals surface area contributed by atoms with Gasteiger partial charge in [-0.05, 0) is 30.0 Å². The number of anilines is 1. The van der Waals surface area contributed by atoms with Gasteiger partial charge in [0.15, 0.2) is 0 Å². The Morgan fingerprint density at radius 3 is 2.96 bits per heavy atom. The molecule has 3 N–H and O–H groups in total. The highest BCUT2D eigenvalue weighted by atomic mass is 19.1. The average molecular weight is 318 g/mol. The number of rotatable bonds is 7. The maximum Gasteiger partial charge on any atom is 0.124 e. The average Bonchev–Trinajstić information content (AvgIpc) is 3.03. The third-order valence-corrected chi connectivity index (χ3v) is 4.28. The number of benzene rings is 1. The Kier molecular flexibility index (Phi) is 5.25. The number of hydrogen-bond acceptors (Lipinski definition) is 4. The highest BCUT2D eigenvalue weighted by molar-refractivity contribution is 5.35. The molecule has 0 bridgehead atoms. The maximum absolute atomic E-state index is 12.9. The van der Waals surface area contributed by atoms with E-state index in [1.54, 1.807) is 12.1 Å². The van der Waals surface area contributed by atoms with Crippen molar-refractivity contribution in [2.24, 2.45) is 11.8 Å². The Bertz CT molecular complexity index is 613. The summed E-state index contributed by atoms with van der Waals surface area (Å²) in [5, 5.41) is 20.6. The van der Waals surface area contributed by atoms with Crippen LogP contribution in [0.4, 0.5) is 10.2 Å². The fourth-order valence-corrected chi connectivity index (χ4v) is 2.97. The van der Waals surface area contributed by atoms with Crippen LogP contribution in [0, 0.1) is 17.7 Å². The van der Waals surface area contributed by atoms with Crippen LogP contribution in [0.25, 0.3) is 0 Å². The molecule has 5 nitrogen and oxygen atoms in total. The third kappa shape index (κ3) is 4.30. The lowest BCUT2D eigenvalue weighted by Gasteiger charge is -2.26. The molecule has 0 spiro atoms. The zero-order valence-corrected chi connectivity index (χ0v) is 13.1. The van der Waals surface area contributed by atoms with Gasteiger partial charge < -0.3 is 15.7 Å². The van der Waals surface area contributed by atoms with Crippen LogP contribution in [0.3, 0.4) is 0 Å². The molecule has 1 aliphatic rings. The number of aromatic nitrogens is 2. The Morgan fingerprint density at radius 1 is 1.35 bits per heavy atom. The summed E-state index contributed by atoms with van der Waals surface area (Å²) in [5.41, 5.74) is 1.05. The first-order chi connectivity index (χ1) is 11.2. The van der Waals surface area contributed by atoms with Crippen LogP contribution in [-0.4, -0.2) is 41.1 Å². The molecule has 0 fully saturated rings. The minimum absolute atomic E-state index is 0.122. The lowest BCUT2D eigenvalue weighted by molar-refractivity contribution is 0.219. The van der Waals surface area contributed by atoms with E-state index in [9.17, 15) is 9.50 Å². The second-order valence-corrected chi connectivity index (χ2v) is 6.18. The third-order valence-electron chi connectivity index (χ3n) is 4.28. The predicted molar refractivity (Wildman–Crippen MR) is 87.8 cm³/mol. The highest BCUT2D eigenvalue weighted by Crippen LogP contribution is 2.16. The number of fused-ring (bicyclic) bond motifs is 1. The molecule has 0 amide bonds. The zero-order chi connectivity index (χ0) is 16.1. The summed E-state index contributed by atoms with van der Waals surface area (Å²) in [7, 11) is 0. The molecule has 0 saturated carbocycles. The molecule has 0 radical (unpaired) electrons. The number of halogens is 1. The van der Waals surface area contributed by atoms with Crippen LogP contribution in [0.1, 0.15) is 5.56 Å². The minimum Gasteiger partial charge on any atom is -0.396 e. The number of nitrogens with one attached hydrogen (secondary N) is 2. The Morgan fingerprint density at radius 2 is 2.17 bits per heavy atom. The molecule has 2 heterocycles. The molecule has 3 rings (SSSR count). The van der Waals surface area contributed by atoms with Crippen molar-refractivity contribution in [3.63, 3.8) is 0 Å². The molecule has 124 valence electrons. The van der Waals surface area contributed by atoms with Gasteiger partial charge in [0.05, 0.1) is 6.20 Å². The number of nitrogens with zero attached hydrogens (tertiary/aromatic N) is 2. The van der Waals surface area contributed by atoms with Crippen LogP contribution in [0.15, 0.2) is 36.5 Å². The van der Waals surface area contributed by atoms with Crippen molar-refractivity contribution in [2.45, 2.75) is 13.0 Å². The summed E-state index contributed by atoms with van der Waals surface area (Å²) in [4.78, 5) is 0. The largest absolute Gasteiger partial charge is 0.396 e. The van der Waals surface area contributed by atoms with Crippen LogP contribution < -0.4 is 10.6 Å². The molecule has 1 aromatic heterocycles. The van der Waals surface area contributed by atoms with Crippen molar-refractivity contribution in [3.05, 3.63) is 47.9 Å². The van der Waals surface area contributed by atoms with E-state index in [0.717, 1.165) is 44.0 Å². The number of aliphatic hydroxyl groups is 1. The van der Waals surface area contributed by atoms with Gasteiger partial charge in [0.2, 0.25) is 0 Å². The summed E-state index contributed by atoms with van der Waals surface area (Å²) < 4.78 is 14.9. The Labute approximate surface area is 135 Å². The van der Waals surface area contributed by atoms with Crippen LogP contribution >= 0.6 is 0 Å². The van der Waals surface area contributed by atoms with Crippen LogP contribution in [0.2, 0.25) is 0 Å². The van der Waals surface area contributed by atoms with E-state index in [4.69, 9.17) is 0 Å². The molecule has 1 aliphatic heterocycles. The van der Waals surface area contributed by atoms with E-state index in [0.29, 0.717) is 5.92 Å². The summed E-state index contributed by atoms with van der Waals surface area (Å²) in [5.74, 6) is 1.46. The molecule has 2 aromatic rings. The Balaban J connectivity index is 1.43. The monoisotopic (exact) mass is 318 g/mol. The van der Waals surface area contributed by atoms with Crippen molar-refractivity contribution >= 4 is 5.82 Å². The second kappa shape index (κ2) is 7.57. The van der Waals surface area contributed by atoms with E-state index < -0.39 is 0 Å². The fraction of sp³-hybridized carbons (Fsp3) is 0.471. The van der Waals surface area contributed by atoms with Crippen molar-refractivity contribution < 1.29 is 9.50 Å². The van der Waals surface area contributed by atoms with Gasteiger partial charge in [-0.25, -0.2) is 9.07 Å². The summed E-state index contributed by atoms with van der Waals surface area (Å²) >= 11 is 0. The normalized spacial score (nSPS) is 18.3. The molecule has 6 heteroatoms. The van der Waals surface area contributed by atoms with Crippen LogP contribution in [0.5, 0.6) is 0 Å². The summed E-state index contributed by atoms with van der Waals surface area (Å²) in [6.07, 6.45) is 2.55. The van der Waals surface area contributed by atoms with Gasteiger partial charge in [-0.1, -0.05) is 12.1 Å². The molecule has 1 aromatic carbocycles.